The van der Waals surface area contributed by atoms with E-state index in [0.29, 0.717) is 0 Å². The van der Waals surface area contributed by atoms with Crippen LogP contribution in [0, 0.1) is 0 Å². The molecule has 2 aromatic heterocycles. The summed E-state index contributed by atoms with van der Waals surface area (Å²) in [4.78, 5) is 10.3. The lowest BCUT2D eigenvalue weighted by Gasteiger charge is -2.08. The van der Waals surface area contributed by atoms with Gasteiger partial charge >= 0.3 is 0 Å². The van der Waals surface area contributed by atoms with Crippen LogP contribution in [-0.4, -0.2) is 9.97 Å². The van der Waals surface area contributed by atoms with Gasteiger partial charge in [0.15, 0.2) is 0 Å². The Morgan fingerprint density at radius 1 is 0.567 bits per heavy atom. The van der Waals surface area contributed by atoms with Crippen LogP contribution in [-0.2, 0) is 0 Å². The van der Waals surface area contributed by atoms with Gasteiger partial charge in [0.25, 0.3) is 0 Å². The summed E-state index contributed by atoms with van der Waals surface area (Å²) in [7, 11) is 1.73. The first-order valence-corrected chi connectivity index (χ1v) is 13.0. The van der Waals surface area contributed by atoms with Crippen LogP contribution in [0.1, 0.15) is 0 Å². The molecule has 0 aliphatic heterocycles. The number of hydrogen-bond acceptors (Lipinski definition) is 3. The normalized spacial score (nSPS) is 11.0. The highest BCUT2D eigenvalue weighted by molar-refractivity contribution is 14.2. The van der Waals surface area contributed by atoms with Crippen LogP contribution in [0.15, 0.2) is 108 Å². The van der Waals surface area contributed by atoms with Crippen molar-refractivity contribution >= 4 is 40.9 Å². The highest BCUT2D eigenvalue weighted by Gasteiger charge is 2.05. The van der Waals surface area contributed by atoms with Crippen LogP contribution < -0.4 is 0 Å². The zero-order chi connectivity index (χ0) is 20.3. The molecule has 2 nitrogen and oxygen atoms in total. The molecule has 0 atom stereocenters. The molecular formula is C26H17IN2S. The largest absolute Gasteiger partial charge is 0.255 e. The van der Waals surface area contributed by atoms with Crippen molar-refractivity contribution in [1.29, 1.82) is 0 Å². The van der Waals surface area contributed by atoms with Crippen molar-refractivity contribution in [2.75, 3.05) is 0 Å². The van der Waals surface area contributed by atoms with Crippen LogP contribution >= 0.6 is 30.1 Å². The maximum absolute atomic E-state index is 4.62. The predicted molar refractivity (Wildman–Crippen MR) is 136 cm³/mol. The first kappa shape index (κ1) is 19.3. The molecule has 3 aromatic carbocycles. The molecule has 0 spiro atoms. The fraction of sp³-hybridized carbons (Fsp3) is 0. The van der Waals surface area contributed by atoms with E-state index in [4.69, 9.17) is 0 Å². The second kappa shape index (κ2) is 8.58. The minimum absolute atomic E-state index is 0.885. The van der Waals surface area contributed by atoms with Gasteiger partial charge in [-0.15, -0.1) is 0 Å². The van der Waals surface area contributed by atoms with E-state index in [1.54, 1.807) is 15.1 Å². The van der Waals surface area contributed by atoms with Gasteiger partial charge in [-0.2, -0.15) is 0 Å². The number of hydrogen-bond donors (Lipinski definition) is 0. The van der Waals surface area contributed by atoms with Gasteiger partial charge in [0, 0.05) is 44.1 Å². The first-order chi connectivity index (χ1) is 14.8. The molecule has 30 heavy (non-hydrogen) atoms. The molecule has 0 radical (unpaired) electrons. The number of benzene rings is 3. The lowest BCUT2D eigenvalue weighted by atomic mass is 9.98. The zero-order valence-corrected chi connectivity index (χ0v) is 19.0. The van der Waals surface area contributed by atoms with Crippen molar-refractivity contribution in [2.45, 2.75) is 4.90 Å². The molecule has 2 heterocycles. The molecule has 5 aromatic rings. The molecule has 0 N–H and O–H groups in total. The molecule has 0 saturated heterocycles. The molecule has 5 rings (SSSR count). The predicted octanol–water partition coefficient (Wildman–Crippen LogP) is 8.07. The molecule has 0 saturated carbocycles. The van der Waals surface area contributed by atoms with Gasteiger partial charge in [-0.05, 0) is 69.9 Å². The number of fused-ring (bicyclic) bond motifs is 1. The van der Waals surface area contributed by atoms with Gasteiger partial charge in [-0.3, -0.25) is 9.97 Å². The van der Waals surface area contributed by atoms with Crippen molar-refractivity contribution in [2.24, 2.45) is 0 Å². The molecule has 144 valence electrons. The monoisotopic (exact) mass is 516 g/mol. The topological polar surface area (TPSA) is 25.8 Å². The Kier molecular flexibility index (Phi) is 5.51. The average Bonchev–Trinajstić information content (AvgIpc) is 2.84. The minimum atomic E-state index is 0.885. The SMILES string of the molecule is ISc1ccc(-c2ccc3ccc(-c4ccc(-c5ccccn5)nc4)cc3c2)cc1. The van der Waals surface area contributed by atoms with E-state index in [0.717, 1.165) is 22.5 Å². The summed E-state index contributed by atoms with van der Waals surface area (Å²) in [6.45, 7) is 0. The van der Waals surface area contributed by atoms with Gasteiger partial charge in [0.05, 0.1) is 11.4 Å². The Morgan fingerprint density at radius 2 is 1.23 bits per heavy atom. The molecular weight excluding hydrogens is 499 g/mol. The molecule has 0 bridgehead atoms. The van der Waals surface area contributed by atoms with Crippen molar-refractivity contribution in [1.82, 2.24) is 9.97 Å². The third-order valence-corrected chi connectivity index (χ3v) is 7.12. The summed E-state index contributed by atoms with van der Waals surface area (Å²) in [6.07, 6.45) is 3.72. The van der Waals surface area contributed by atoms with E-state index < -0.39 is 0 Å². The number of rotatable bonds is 4. The lowest BCUT2D eigenvalue weighted by molar-refractivity contribution is 1.25. The average molecular weight is 516 g/mol. The second-order valence-electron chi connectivity index (χ2n) is 7.03. The Balaban J connectivity index is 1.49. The van der Waals surface area contributed by atoms with Gasteiger partial charge in [-0.25, -0.2) is 0 Å². The smallest absolute Gasteiger partial charge is 0.0886 e. The first-order valence-electron chi connectivity index (χ1n) is 9.61. The summed E-state index contributed by atoms with van der Waals surface area (Å²) >= 11 is 2.31. The van der Waals surface area contributed by atoms with E-state index in [1.165, 1.54) is 26.8 Å². The van der Waals surface area contributed by atoms with Crippen LogP contribution in [0.5, 0.6) is 0 Å². The van der Waals surface area contributed by atoms with Gasteiger partial charge in [0.2, 0.25) is 0 Å². The van der Waals surface area contributed by atoms with Crippen molar-refractivity contribution in [3.63, 3.8) is 0 Å². The highest BCUT2D eigenvalue weighted by Crippen LogP contribution is 2.31. The summed E-state index contributed by atoms with van der Waals surface area (Å²) in [5.41, 5.74) is 6.50. The molecule has 0 fully saturated rings. The summed E-state index contributed by atoms with van der Waals surface area (Å²) < 4.78 is 0. The molecule has 0 aliphatic carbocycles. The van der Waals surface area contributed by atoms with Crippen LogP contribution in [0.4, 0.5) is 0 Å². The van der Waals surface area contributed by atoms with Crippen LogP contribution in [0.25, 0.3) is 44.4 Å². The Hall–Kier alpha value is -2.70. The fourth-order valence-electron chi connectivity index (χ4n) is 3.54. The zero-order valence-electron chi connectivity index (χ0n) is 16.0. The van der Waals surface area contributed by atoms with Crippen molar-refractivity contribution in [3.05, 3.63) is 103 Å². The van der Waals surface area contributed by atoms with Crippen molar-refractivity contribution in [3.8, 4) is 33.6 Å². The van der Waals surface area contributed by atoms with Crippen LogP contribution in [0.2, 0.25) is 0 Å². The van der Waals surface area contributed by atoms with Crippen molar-refractivity contribution < 1.29 is 0 Å². The number of nitrogens with zero attached hydrogens (tertiary/aromatic N) is 2. The number of halogens is 1. The quantitative estimate of drug-likeness (QED) is 0.226. The Morgan fingerprint density at radius 3 is 1.87 bits per heavy atom. The minimum Gasteiger partial charge on any atom is -0.255 e. The molecule has 0 amide bonds. The third-order valence-electron chi connectivity index (χ3n) is 5.14. The van der Waals surface area contributed by atoms with Gasteiger partial charge < -0.3 is 0 Å². The molecule has 0 aliphatic rings. The summed E-state index contributed by atoms with van der Waals surface area (Å²) in [6, 6.07) is 32.0. The standard InChI is InChI=1S/C26H17IN2S/c27-30-24-11-8-18(9-12-24)20-6-4-19-5-7-21(16-23(19)15-20)22-10-13-26(29-17-22)25-3-1-2-14-28-25/h1-17H. The Bertz CT molecular complexity index is 1300. The molecule has 4 heteroatoms. The number of pyridine rings is 2. The van der Waals surface area contributed by atoms with E-state index in [-0.39, 0.29) is 0 Å². The number of aromatic nitrogens is 2. The fourth-order valence-corrected chi connectivity index (χ4v) is 4.65. The van der Waals surface area contributed by atoms with E-state index in [1.807, 2.05) is 30.5 Å². The lowest BCUT2D eigenvalue weighted by Crippen LogP contribution is -1.87. The maximum atomic E-state index is 4.62. The highest BCUT2D eigenvalue weighted by atomic mass is 127. The van der Waals surface area contributed by atoms with Gasteiger partial charge in [-0.1, -0.05) is 57.5 Å². The third kappa shape index (κ3) is 3.98. The molecule has 0 unspecified atom stereocenters. The second-order valence-corrected chi connectivity index (χ2v) is 8.97. The van der Waals surface area contributed by atoms with Gasteiger partial charge in [0.1, 0.15) is 0 Å². The van der Waals surface area contributed by atoms with E-state index in [2.05, 4.69) is 97.9 Å². The summed E-state index contributed by atoms with van der Waals surface area (Å²) in [5, 5.41) is 2.46. The summed E-state index contributed by atoms with van der Waals surface area (Å²) in [5.74, 6) is 0. The van der Waals surface area contributed by atoms with E-state index in [9.17, 15) is 0 Å². The van der Waals surface area contributed by atoms with E-state index >= 15 is 0 Å². The Labute approximate surface area is 192 Å². The van der Waals surface area contributed by atoms with Crippen LogP contribution in [0.3, 0.4) is 0 Å². The maximum Gasteiger partial charge on any atom is 0.0886 e.